The lowest BCUT2D eigenvalue weighted by atomic mass is 9.94. The van der Waals surface area contributed by atoms with Crippen molar-refractivity contribution in [1.29, 1.82) is 0 Å². The number of aromatic nitrogens is 3. The van der Waals surface area contributed by atoms with Crippen molar-refractivity contribution in [1.82, 2.24) is 20.1 Å². The molecule has 1 aromatic heterocycles. The number of hydrogen-bond acceptors (Lipinski definition) is 4. The van der Waals surface area contributed by atoms with Crippen molar-refractivity contribution in [2.75, 3.05) is 0 Å². The first kappa shape index (κ1) is 13.1. The van der Waals surface area contributed by atoms with E-state index < -0.39 is 0 Å². The van der Waals surface area contributed by atoms with E-state index in [9.17, 15) is 0 Å². The summed E-state index contributed by atoms with van der Waals surface area (Å²) in [7, 11) is 0. The van der Waals surface area contributed by atoms with E-state index in [0.29, 0.717) is 6.04 Å². The summed E-state index contributed by atoms with van der Waals surface area (Å²) in [6.45, 7) is 9.39. The highest BCUT2D eigenvalue weighted by Gasteiger charge is 2.47. The van der Waals surface area contributed by atoms with Crippen molar-refractivity contribution in [2.45, 2.75) is 76.8 Å². The average molecular weight is 264 g/mol. The van der Waals surface area contributed by atoms with Gasteiger partial charge in [0.05, 0.1) is 23.8 Å². The summed E-state index contributed by atoms with van der Waals surface area (Å²) >= 11 is 0. The topological polar surface area (TPSA) is 52.0 Å². The van der Waals surface area contributed by atoms with Crippen LogP contribution < -0.4 is 5.32 Å². The number of hydrogen-bond donors (Lipinski definition) is 1. The van der Waals surface area contributed by atoms with Gasteiger partial charge in [0.15, 0.2) is 0 Å². The summed E-state index contributed by atoms with van der Waals surface area (Å²) in [5, 5.41) is 7.95. The van der Waals surface area contributed by atoms with Crippen LogP contribution in [0.4, 0.5) is 0 Å². The molecule has 0 aromatic carbocycles. The van der Waals surface area contributed by atoms with Gasteiger partial charge in [0.25, 0.3) is 0 Å². The molecule has 106 valence electrons. The average Bonchev–Trinajstić information content (AvgIpc) is 2.94. The van der Waals surface area contributed by atoms with Crippen molar-refractivity contribution in [3.63, 3.8) is 0 Å². The first-order valence-corrected chi connectivity index (χ1v) is 7.19. The monoisotopic (exact) mass is 264 g/mol. The lowest BCUT2D eigenvalue weighted by Gasteiger charge is -2.27. The zero-order valence-corrected chi connectivity index (χ0v) is 12.3. The van der Waals surface area contributed by atoms with Crippen molar-refractivity contribution in [2.24, 2.45) is 0 Å². The number of nitrogens with zero attached hydrogens (tertiary/aromatic N) is 3. The highest BCUT2D eigenvalue weighted by molar-refractivity contribution is 5.01. The van der Waals surface area contributed by atoms with Crippen LogP contribution in [-0.2, 0) is 11.3 Å². The molecule has 19 heavy (non-hydrogen) atoms. The Morgan fingerprint density at radius 2 is 2.11 bits per heavy atom. The second-order valence-corrected chi connectivity index (χ2v) is 6.96. The molecule has 1 aromatic rings. The summed E-state index contributed by atoms with van der Waals surface area (Å²) in [5.74, 6) is 1.02. The maximum Gasteiger partial charge on any atom is 0.141 e. The largest absolute Gasteiger partial charge is 0.367 e. The first-order valence-electron chi connectivity index (χ1n) is 7.19. The van der Waals surface area contributed by atoms with Gasteiger partial charge in [-0.05, 0) is 40.5 Å². The molecule has 0 radical (unpaired) electrons. The second-order valence-electron chi connectivity index (χ2n) is 6.96. The Labute approximate surface area is 114 Å². The van der Waals surface area contributed by atoms with Crippen molar-refractivity contribution in [3.05, 3.63) is 12.2 Å². The molecular formula is C14H24N4O. The van der Waals surface area contributed by atoms with Crippen molar-refractivity contribution >= 4 is 0 Å². The van der Waals surface area contributed by atoms with Gasteiger partial charge < -0.3 is 10.1 Å². The molecule has 1 saturated carbocycles. The minimum atomic E-state index is -0.203. The molecule has 0 amide bonds. The summed E-state index contributed by atoms with van der Waals surface area (Å²) in [5.41, 5.74) is -0.299. The molecule has 5 nitrogen and oxygen atoms in total. The fourth-order valence-electron chi connectivity index (χ4n) is 3.10. The fraction of sp³-hybridized carbons (Fsp3) is 0.857. The molecule has 1 aliphatic carbocycles. The van der Waals surface area contributed by atoms with Gasteiger partial charge >= 0.3 is 0 Å². The van der Waals surface area contributed by atoms with E-state index in [4.69, 9.17) is 4.74 Å². The summed E-state index contributed by atoms with van der Waals surface area (Å²) < 4.78 is 8.22. The van der Waals surface area contributed by atoms with Crippen LogP contribution >= 0.6 is 0 Å². The van der Waals surface area contributed by atoms with Gasteiger partial charge in [-0.3, -0.25) is 0 Å². The molecule has 5 heteroatoms. The van der Waals surface area contributed by atoms with Gasteiger partial charge in [-0.15, -0.1) is 0 Å². The standard InChI is InChI=1S/C14H24N4O/c1-13(2)7-11(14(3,4)19-13)18-12(16-9-17-18)8-15-10-5-6-10/h9-11,15H,5-8H2,1-4H3. The summed E-state index contributed by atoms with van der Waals surface area (Å²) in [4.78, 5) is 4.41. The van der Waals surface area contributed by atoms with Gasteiger partial charge in [0.1, 0.15) is 12.2 Å². The van der Waals surface area contributed by atoms with Gasteiger partial charge in [0.2, 0.25) is 0 Å². The third-order valence-electron chi connectivity index (χ3n) is 4.10. The van der Waals surface area contributed by atoms with Crippen LogP contribution in [0.5, 0.6) is 0 Å². The molecule has 2 fully saturated rings. The van der Waals surface area contributed by atoms with E-state index in [0.717, 1.165) is 18.8 Å². The Kier molecular flexibility index (Phi) is 2.94. The van der Waals surface area contributed by atoms with Gasteiger partial charge in [-0.2, -0.15) is 5.10 Å². The summed E-state index contributed by atoms with van der Waals surface area (Å²) in [6, 6.07) is 0.940. The Balaban J connectivity index is 1.79. The quantitative estimate of drug-likeness (QED) is 0.904. The van der Waals surface area contributed by atoms with E-state index in [2.05, 4.69) is 47.8 Å². The fourth-order valence-corrected chi connectivity index (χ4v) is 3.10. The van der Waals surface area contributed by atoms with Crippen molar-refractivity contribution in [3.8, 4) is 0 Å². The zero-order chi connectivity index (χ0) is 13.7. The SMILES string of the molecule is CC1(C)CC(n2ncnc2CNC2CC2)C(C)(C)O1. The van der Waals surface area contributed by atoms with Gasteiger partial charge in [0, 0.05) is 12.5 Å². The molecule has 1 atom stereocenters. The maximum atomic E-state index is 6.16. The Morgan fingerprint density at radius 1 is 1.37 bits per heavy atom. The second kappa shape index (κ2) is 4.28. The molecule has 0 bridgehead atoms. The van der Waals surface area contributed by atoms with E-state index >= 15 is 0 Å². The molecule has 2 heterocycles. The van der Waals surface area contributed by atoms with Crippen LogP contribution in [0.3, 0.4) is 0 Å². The highest BCUT2D eigenvalue weighted by atomic mass is 16.5. The lowest BCUT2D eigenvalue weighted by Crippen LogP contribution is -2.33. The number of ether oxygens (including phenoxy) is 1. The minimum Gasteiger partial charge on any atom is -0.367 e. The number of nitrogens with one attached hydrogen (secondary N) is 1. The van der Waals surface area contributed by atoms with Gasteiger partial charge in [-0.25, -0.2) is 9.67 Å². The highest BCUT2D eigenvalue weighted by Crippen LogP contribution is 2.44. The molecule has 1 aliphatic heterocycles. The maximum absolute atomic E-state index is 6.16. The van der Waals surface area contributed by atoms with E-state index in [1.54, 1.807) is 6.33 Å². The van der Waals surface area contributed by atoms with Gasteiger partial charge in [-0.1, -0.05) is 0 Å². The Bertz CT molecular complexity index is 462. The third kappa shape index (κ3) is 2.67. The molecule has 2 aliphatic rings. The predicted molar refractivity (Wildman–Crippen MR) is 72.8 cm³/mol. The lowest BCUT2D eigenvalue weighted by molar-refractivity contribution is -0.0740. The van der Waals surface area contributed by atoms with E-state index in [-0.39, 0.29) is 17.2 Å². The van der Waals surface area contributed by atoms with Crippen LogP contribution in [0.25, 0.3) is 0 Å². The zero-order valence-electron chi connectivity index (χ0n) is 12.3. The van der Waals surface area contributed by atoms with Crippen molar-refractivity contribution < 1.29 is 4.74 Å². The molecular weight excluding hydrogens is 240 g/mol. The van der Waals surface area contributed by atoms with E-state index in [1.165, 1.54) is 12.8 Å². The minimum absolute atomic E-state index is 0.0959. The molecule has 1 unspecified atom stereocenters. The normalized spacial score (nSPS) is 28.7. The van der Waals surface area contributed by atoms with Crippen LogP contribution in [0, 0.1) is 0 Å². The number of rotatable bonds is 4. The molecule has 3 rings (SSSR count). The van der Waals surface area contributed by atoms with Crippen LogP contribution in [-0.4, -0.2) is 32.0 Å². The third-order valence-corrected chi connectivity index (χ3v) is 4.10. The van der Waals surface area contributed by atoms with Crippen LogP contribution in [0.15, 0.2) is 6.33 Å². The van der Waals surface area contributed by atoms with E-state index in [1.807, 2.05) is 0 Å². The predicted octanol–water partition coefficient (Wildman–Crippen LogP) is 2.05. The van der Waals surface area contributed by atoms with Crippen LogP contribution in [0.1, 0.15) is 58.8 Å². The smallest absolute Gasteiger partial charge is 0.141 e. The molecule has 1 N–H and O–H groups in total. The molecule has 1 saturated heterocycles. The molecule has 0 spiro atoms. The Morgan fingerprint density at radius 3 is 2.68 bits per heavy atom. The first-order chi connectivity index (χ1) is 8.87. The Hall–Kier alpha value is -0.940. The summed E-state index contributed by atoms with van der Waals surface area (Å²) in [6.07, 6.45) is 5.21. The van der Waals surface area contributed by atoms with Crippen LogP contribution in [0.2, 0.25) is 0 Å².